The Morgan fingerprint density at radius 3 is 2.75 bits per heavy atom. The van der Waals surface area contributed by atoms with E-state index >= 15 is 0 Å². The molecule has 112 valence electrons. The third-order valence-corrected chi connectivity index (χ3v) is 3.88. The van der Waals surface area contributed by atoms with Crippen LogP contribution >= 0.6 is 0 Å². The Labute approximate surface area is 124 Å². The molecule has 20 heavy (non-hydrogen) atoms. The first kappa shape index (κ1) is 16.8. The topological polar surface area (TPSA) is 15.3 Å². The van der Waals surface area contributed by atoms with Crippen molar-refractivity contribution in [3.63, 3.8) is 0 Å². The van der Waals surface area contributed by atoms with Gasteiger partial charge in [-0.25, -0.2) is 0 Å². The second-order valence-corrected chi connectivity index (χ2v) is 5.54. The van der Waals surface area contributed by atoms with Crippen molar-refractivity contribution in [2.24, 2.45) is 0 Å². The van der Waals surface area contributed by atoms with Crippen LogP contribution in [-0.2, 0) is 0 Å². The predicted molar refractivity (Wildman–Crippen MR) is 89.8 cm³/mol. The van der Waals surface area contributed by atoms with E-state index in [9.17, 15) is 0 Å². The lowest BCUT2D eigenvalue weighted by molar-refractivity contribution is 0.408. The van der Waals surface area contributed by atoms with Crippen molar-refractivity contribution < 1.29 is 0 Å². The molecular formula is C18H30N2. The van der Waals surface area contributed by atoms with Gasteiger partial charge >= 0.3 is 0 Å². The molecule has 1 aliphatic rings. The summed E-state index contributed by atoms with van der Waals surface area (Å²) in [6.07, 6.45) is 11.2. The van der Waals surface area contributed by atoms with Gasteiger partial charge in [0.15, 0.2) is 0 Å². The molecule has 2 heteroatoms. The Morgan fingerprint density at radius 2 is 2.10 bits per heavy atom. The summed E-state index contributed by atoms with van der Waals surface area (Å²) in [7, 11) is 4.21. The number of unbranched alkanes of at least 4 members (excludes halogenated alkanes) is 1. The van der Waals surface area contributed by atoms with Crippen LogP contribution in [0.25, 0.3) is 0 Å². The summed E-state index contributed by atoms with van der Waals surface area (Å²) >= 11 is 0. The maximum Gasteiger partial charge on any atom is 0.0401 e. The minimum Gasteiger partial charge on any atom is -0.374 e. The third-order valence-electron chi connectivity index (χ3n) is 3.88. The molecule has 0 aromatic rings. The number of rotatable bonds is 8. The molecule has 0 atom stereocenters. The first-order valence-corrected chi connectivity index (χ1v) is 7.72. The second-order valence-electron chi connectivity index (χ2n) is 5.54. The average molecular weight is 274 g/mol. The normalized spacial score (nSPS) is 15.1. The van der Waals surface area contributed by atoms with E-state index in [-0.39, 0.29) is 0 Å². The zero-order valence-electron chi connectivity index (χ0n) is 13.6. The van der Waals surface area contributed by atoms with Gasteiger partial charge in [-0.05, 0) is 63.4 Å². The Hall–Kier alpha value is -1.28. The summed E-state index contributed by atoms with van der Waals surface area (Å²) in [6.45, 7) is 10.8. The Balaban J connectivity index is 2.81. The number of nitrogens with one attached hydrogen (secondary N) is 1. The van der Waals surface area contributed by atoms with E-state index in [1.807, 2.05) is 7.05 Å². The molecule has 0 amide bonds. The highest BCUT2D eigenvalue weighted by molar-refractivity contribution is 5.43. The minimum atomic E-state index is 1.00. The number of likely N-dealkylation sites (N-methyl/N-ethyl adjacent to an activating group) is 1. The van der Waals surface area contributed by atoms with E-state index in [2.05, 4.69) is 55.9 Å². The van der Waals surface area contributed by atoms with E-state index < -0.39 is 0 Å². The molecule has 0 aromatic heterocycles. The van der Waals surface area contributed by atoms with E-state index in [0.29, 0.717) is 0 Å². The van der Waals surface area contributed by atoms with Gasteiger partial charge in [-0.15, -0.1) is 0 Å². The van der Waals surface area contributed by atoms with Gasteiger partial charge in [-0.2, -0.15) is 0 Å². The Morgan fingerprint density at radius 1 is 1.35 bits per heavy atom. The maximum absolute atomic E-state index is 4.25. The number of hydrogen-bond acceptors (Lipinski definition) is 2. The highest BCUT2D eigenvalue weighted by Crippen LogP contribution is 2.27. The fraction of sp³-hybridized carbons (Fsp3) is 0.556. The maximum atomic E-state index is 4.25. The number of allylic oxidation sites excluding steroid dienone is 6. The first-order valence-electron chi connectivity index (χ1n) is 7.72. The number of nitrogens with zero attached hydrogens (tertiary/aromatic N) is 1. The third kappa shape index (κ3) is 5.01. The first-order chi connectivity index (χ1) is 9.60. The van der Waals surface area contributed by atoms with E-state index in [1.165, 1.54) is 35.3 Å². The lowest BCUT2D eigenvalue weighted by atomic mass is 9.99. The van der Waals surface area contributed by atoms with Crippen LogP contribution in [0.4, 0.5) is 0 Å². The van der Waals surface area contributed by atoms with Crippen molar-refractivity contribution in [3.8, 4) is 0 Å². The van der Waals surface area contributed by atoms with Gasteiger partial charge in [0, 0.05) is 19.3 Å². The zero-order chi connectivity index (χ0) is 15.0. The Kier molecular flexibility index (Phi) is 7.38. The quantitative estimate of drug-likeness (QED) is 0.672. The minimum absolute atomic E-state index is 1.00. The summed E-state index contributed by atoms with van der Waals surface area (Å²) in [4.78, 5) is 2.38. The highest BCUT2D eigenvalue weighted by Gasteiger charge is 2.12. The second kappa shape index (κ2) is 8.80. The fourth-order valence-corrected chi connectivity index (χ4v) is 2.41. The van der Waals surface area contributed by atoms with Crippen LogP contribution in [0, 0.1) is 0 Å². The molecule has 0 unspecified atom stereocenters. The molecule has 0 spiro atoms. The smallest absolute Gasteiger partial charge is 0.0401 e. The average Bonchev–Trinajstić information content (AvgIpc) is 2.64. The largest absolute Gasteiger partial charge is 0.374 e. The van der Waals surface area contributed by atoms with Crippen LogP contribution in [0.5, 0.6) is 0 Å². The van der Waals surface area contributed by atoms with Gasteiger partial charge in [0.2, 0.25) is 0 Å². The standard InChI is InChI=1S/C18H30N2/c1-6-16(3)17-11-9-15(2)10-12-18(17)20(5)14-8-7-13-19-4/h9-10,12,19H,3,6-8,11,13-14H2,1-2,4-5H3. The number of hydrogen-bond donors (Lipinski definition) is 1. The van der Waals surface area contributed by atoms with Crippen molar-refractivity contribution in [3.05, 3.63) is 47.2 Å². The van der Waals surface area contributed by atoms with Crippen LogP contribution in [-0.4, -0.2) is 32.1 Å². The molecule has 0 saturated heterocycles. The SMILES string of the molecule is C=C(CC)C1=C(N(C)CCCCNC)C=CC(C)=CC1. The van der Waals surface area contributed by atoms with Crippen LogP contribution in [0.2, 0.25) is 0 Å². The molecule has 0 aromatic carbocycles. The summed E-state index contributed by atoms with van der Waals surface area (Å²) in [5.74, 6) is 0. The van der Waals surface area contributed by atoms with Crippen LogP contribution in [0.1, 0.15) is 39.5 Å². The van der Waals surface area contributed by atoms with Crippen molar-refractivity contribution in [1.29, 1.82) is 0 Å². The lowest BCUT2D eigenvalue weighted by Crippen LogP contribution is -2.21. The summed E-state index contributed by atoms with van der Waals surface area (Å²) in [5.41, 5.74) is 5.34. The van der Waals surface area contributed by atoms with E-state index in [4.69, 9.17) is 0 Å². The molecule has 0 fully saturated rings. The van der Waals surface area contributed by atoms with Gasteiger partial charge in [0.05, 0.1) is 0 Å². The zero-order valence-corrected chi connectivity index (χ0v) is 13.6. The van der Waals surface area contributed by atoms with Gasteiger partial charge < -0.3 is 10.2 Å². The van der Waals surface area contributed by atoms with Crippen molar-refractivity contribution in [2.45, 2.75) is 39.5 Å². The van der Waals surface area contributed by atoms with Gasteiger partial charge in [-0.1, -0.05) is 31.2 Å². The van der Waals surface area contributed by atoms with Gasteiger partial charge in [0.1, 0.15) is 0 Å². The van der Waals surface area contributed by atoms with Crippen LogP contribution < -0.4 is 5.32 Å². The molecule has 1 aliphatic carbocycles. The Bertz CT molecular complexity index is 413. The molecule has 0 aliphatic heterocycles. The summed E-state index contributed by atoms with van der Waals surface area (Å²) in [6, 6.07) is 0. The van der Waals surface area contributed by atoms with Gasteiger partial charge in [-0.3, -0.25) is 0 Å². The van der Waals surface area contributed by atoms with Crippen molar-refractivity contribution in [2.75, 3.05) is 27.2 Å². The monoisotopic (exact) mass is 274 g/mol. The molecule has 0 saturated carbocycles. The summed E-state index contributed by atoms with van der Waals surface area (Å²) in [5, 5.41) is 3.21. The van der Waals surface area contributed by atoms with Crippen molar-refractivity contribution in [1.82, 2.24) is 10.2 Å². The molecule has 0 radical (unpaired) electrons. The molecule has 0 heterocycles. The fourth-order valence-electron chi connectivity index (χ4n) is 2.41. The predicted octanol–water partition coefficient (Wildman–Crippen LogP) is 4.04. The lowest BCUT2D eigenvalue weighted by Gasteiger charge is -2.24. The van der Waals surface area contributed by atoms with E-state index in [1.54, 1.807) is 0 Å². The molecule has 2 nitrogen and oxygen atoms in total. The molecule has 0 bridgehead atoms. The molecule has 1 rings (SSSR count). The van der Waals surface area contributed by atoms with Gasteiger partial charge in [0.25, 0.3) is 0 Å². The van der Waals surface area contributed by atoms with Crippen LogP contribution in [0.3, 0.4) is 0 Å². The summed E-state index contributed by atoms with van der Waals surface area (Å²) < 4.78 is 0. The highest BCUT2D eigenvalue weighted by atomic mass is 15.1. The van der Waals surface area contributed by atoms with E-state index in [0.717, 1.165) is 25.9 Å². The molecule has 1 N–H and O–H groups in total. The van der Waals surface area contributed by atoms with Crippen molar-refractivity contribution >= 4 is 0 Å². The van der Waals surface area contributed by atoms with Crippen LogP contribution in [0.15, 0.2) is 47.2 Å². The molecular weight excluding hydrogens is 244 g/mol.